The third-order valence-electron chi connectivity index (χ3n) is 3.40. The van der Waals surface area contributed by atoms with Crippen molar-refractivity contribution in [1.82, 2.24) is 0 Å². The van der Waals surface area contributed by atoms with Gasteiger partial charge in [-0.1, -0.05) is 30.3 Å². The molecule has 4 heteroatoms. The van der Waals surface area contributed by atoms with E-state index in [0.717, 1.165) is 10.3 Å². The lowest BCUT2D eigenvalue weighted by Crippen LogP contribution is -2.13. The Morgan fingerprint density at radius 2 is 1.90 bits per heavy atom. The van der Waals surface area contributed by atoms with Crippen LogP contribution >= 0.6 is 11.3 Å². The van der Waals surface area contributed by atoms with E-state index in [1.807, 2.05) is 35.7 Å². The van der Waals surface area contributed by atoms with Gasteiger partial charge in [-0.2, -0.15) is 0 Å². The Kier molecular flexibility index (Phi) is 4.18. The van der Waals surface area contributed by atoms with Gasteiger partial charge in [-0.05, 0) is 35.7 Å². The van der Waals surface area contributed by atoms with Gasteiger partial charge in [0.25, 0.3) is 0 Å². The number of thiophene rings is 1. The highest BCUT2D eigenvalue weighted by Gasteiger charge is 2.15. The molecule has 21 heavy (non-hydrogen) atoms. The highest BCUT2D eigenvalue weighted by Crippen LogP contribution is 2.35. The third-order valence-corrected chi connectivity index (χ3v) is 4.33. The smallest absolute Gasteiger partial charge is 0.138 e. The molecule has 3 aromatic rings. The highest BCUT2D eigenvalue weighted by molar-refractivity contribution is 7.17. The molecule has 0 saturated carbocycles. The van der Waals surface area contributed by atoms with Gasteiger partial charge in [0.05, 0.1) is 4.70 Å². The second-order valence-electron chi connectivity index (χ2n) is 4.80. The standard InChI is InChI=1S/C17H16FNOS/c18-14-6-7-16(17-13(14)9-11-21-17)20-15(8-10-19)12-4-2-1-3-5-12/h1-7,9,11,15H,8,10,19H2. The van der Waals surface area contributed by atoms with Crippen molar-refractivity contribution in [1.29, 1.82) is 0 Å². The zero-order valence-electron chi connectivity index (χ0n) is 11.5. The normalized spacial score (nSPS) is 12.5. The molecular weight excluding hydrogens is 285 g/mol. The molecule has 0 radical (unpaired) electrons. The third kappa shape index (κ3) is 2.91. The minimum atomic E-state index is -0.214. The van der Waals surface area contributed by atoms with E-state index in [1.54, 1.807) is 12.1 Å². The largest absolute Gasteiger partial charge is 0.484 e. The van der Waals surface area contributed by atoms with Crippen LogP contribution in [0.1, 0.15) is 18.1 Å². The summed E-state index contributed by atoms with van der Waals surface area (Å²) in [5.41, 5.74) is 6.78. The SMILES string of the molecule is NCCC(Oc1ccc(F)c2ccsc12)c1ccccc1. The molecular formula is C17H16FNOS. The Bertz CT molecular complexity index is 726. The Labute approximate surface area is 127 Å². The number of ether oxygens (including phenoxy) is 1. The van der Waals surface area contributed by atoms with E-state index in [-0.39, 0.29) is 11.9 Å². The summed E-state index contributed by atoms with van der Waals surface area (Å²) in [6, 6.07) is 14.9. The van der Waals surface area contributed by atoms with Gasteiger partial charge < -0.3 is 10.5 Å². The number of rotatable bonds is 5. The summed E-state index contributed by atoms with van der Waals surface area (Å²) >= 11 is 1.49. The summed E-state index contributed by atoms with van der Waals surface area (Å²) in [6.45, 7) is 0.536. The summed E-state index contributed by atoms with van der Waals surface area (Å²) in [5.74, 6) is 0.498. The molecule has 2 aromatic carbocycles. The minimum absolute atomic E-state index is 0.119. The zero-order valence-corrected chi connectivity index (χ0v) is 12.3. The number of benzene rings is 2. The predicted molar refractivity (Wildman–Crippen MR) is 85.3 cm³/mol. The lowest BCUT2D eigenvalue weighted by Gasteiger charge is -2.19. The van der Waals surface area contributed by atoms with E-state index >= 15 is 0 Å². The fourth-order valence-electron chi connectivity index (χ4n) is 2.36. The van der Waals surface area contributed by atoms with Crippen LogP contribution in [0.15, 0.2) is 53.9 Å². The summed E-state index contributed by atoms with van der Waals surface area (Å²) in [5, 5.41) is 2.48. The molecule has 1 heterocycles. The minimum Gasteiger partial charge on any atom is -0.484 e. The topological polar surface area (TPSA) is 35.2 Å². The number of nitrogens with two attached hydrogens (primary N) is 1. The Hall–Kier alpha value is -1.91. The molecule has 108 valence electrons. The van der Waals surface area contributed by atoms with Gasteiger partial charge in [0.15, 0.2) is 0 Å². The Balaban J connectivity index is 1.95. The molecule has 0 aliphatic carbocycles. The number of halogens is 1. The van der Waals surface area contributed by atoms with Gasteiger partial charge in [-0.3, -0.25) is 0 Å². The van der Waals surface area contributed by atoms with Crippen molar-refractivity contribution in [2.75, 3.05) is 6.54 Å². The van der Waals surface area contributed by atoms with E-state index < -0.39 is 0 Å². The maximum Gasteiger partial charge on any atom is 0.138 e. The average Bonchev–Trinajstić information content (AvgIpc) is 3.01. The molecule has 2 nitrogen and oxygen atoms in total. The van der Waals surface area contributed by atoms with Crippen LogP contribution in [0.4, 0.5) is 4.39 Å². The molecule has 0 fully saturated rings. The second-order valence-corrected chi connectivity index (χ2v) is 5.72. The molecule has 1 atom stereocenters. The van der Waals surface area contributed by atoms with Crippen molar-refractivity contribution in [2.45, 2.75) is 12.5 Å². The van der Waals surface area contributed by atoms with Crippen molar-refractivity contribution in [3.8, 4) is 5.75 Å². The quantitative estimate of drug-likeness (QED) is 0.752. The molecule has 0 bridgehead atoms. The van der Waals surface area contributed by atoms with Crippen molar-refractivity contribution < 1.29 is 9.13 Å². The fourth-order valence-corrected chi connectivity index (χ4v) is 3.23. The van der Waals surface area contributed by atoms with E-state index in [9.17, 15) is 4.39 Å². The molecule has 0 aliphatic heterocycles. The predicted octanol–water partition coefficient (Wildman–Crippen LogP) is 4.51. The lowest BCUT2D eigenvalue weighted by atomic mass is 10.1. The molecule has 3 rings (SSSR count). The zero-order chi connectivity index (χ0) is 14.7. The molecule has 1 aromatic heterocycles. The monoisotopic (exact) mass is 301 g/mol. The maximum absolute atomic E-state index is 13.7. The van der Waals surface area contributed by atoms with Crippen LogP contribution in [0.2, 0.25) is 0 Å². The maximum atomic E-state index is 13.7. The van der Waals surface area contributed by atoms with Gasteiger partial charge in [-0.15, -0.1) is 11.3 Å². The van der Waals surface area contributed by atoms with Crippen molar-refractivity contribution in [2.24, 2.45) is 5.73 Å². The molecule has 0 saturated heterocycles. The summed E-state index contributed by atoms with van der Waals surface area (Å²) in [4.78, 5) is 0. The van der Waals surface area contributed by atoms with Gasteiger partial charge in [0.2, 0.25) is 0 Å². The van der Waals surface area contributed by atoms with Gasteiger partial charge in [0, 0.05) is 11.8 Å². The van der Waals surface area contributed by atoms with Crippen LogP contribution in [-0.2, 0) is 0 Å². The van der Waals surface area contributed by atoms with Crippen LogP contribution < -0.4 is 10.5 Å². The van der Waals surface area contributed by atoms with E-state index in [4.69, 9.17) is 10.5 Å². The second kappa shape index (κ2) is 6.24. The van der Waals surface area contributed by atoms with Crippen LogP contribution in [-0.4, -0.2) is 6.54 Å². The molecule has 0 spiro atoms. The first-order chi connectivity index (χ1) is 10.3. The van der Waals surface area contributed by atoms with Crippen LogP contribution in [0.25, 0.3) is 10.1 Å². The number of fused-ring (bicyclic) bond motifs is 1. The van der Waals surface area contributed by atoms with E-state index in [1.165, 1.54) is 17.4 Å². The Morgan fingerprint density at radius 3 is 2.67 bits per heavy atom. The van der Waals surface area contributed by atoms with Crippen molar-refractivity contribution >= 4 is 21.4 Å². The first-order valence-corrected chi connectivity index (χ1v) is 7.75. The van der Waals surface area contributed by atoms with E-state index in [0.29, 0.717) is 24.1 Å². The molecule has 1 unspecified atom stereocenters. The van der Waals surface area contributed by atoms with Gasteiger partial charge in [-0.25, -0.2) is 4.39 Å². The molecule has 0 aliphatic rings. The number of hydrogen-bond donors (Lipinski definition) is 1. The summed E-state index contributed by atoms with van der Waals surface area (Å²) in [6.07, 6.45) is 0.598. The van der Waals surface area contributed by atoms with Crippen LogP contribution in [0, 0.1) is 5.82 Å². The summed E-state index contributed by atoms with van der Waals surface area (Å²) in [7, 11) is 0. The highest BCUT2D eigenvalue weighted by atomic mass is 32.1. The molecule has 2 N–H and O–H groups in total. The van der Waals surface area contributed by atoms with Gasteiger partial charge >= 0.3 is 0 Å². The number of hydrogen-bond acceptors (Lipinski definition) is 3. The van der Waals surface area contributed by atoms with Crippen molar-refractivity contribution in [3.05, 3.63) is 65.3 Å². The first kappa shape index (κ1) is 14.0. The molecule has 0 amide bonds. The fraction of sp³-hybridized carbons (Fsp3) is 0.176. The average molecular weight is 301 g/mol. The van der Waals surface area contributed by atoms with Crippen LogP contribution in [0.5, 0.6) is 5.75 Å². The lowest BCUT2D eigenvalue weighted by molar-refractivity contribution is 0.200. The van der Waals surface area contributed by atoms with Crippen molar-refractivity contribution in [3.63, 3.8) is 0 Å². The summed E-state index contributed by atoms with van der Waals surface area (Å²) < 4.78 is 20.7. The first-order valence-electron chi connectivity index (χ1n) is 6.87. The van der Waals surface area contributed by atoms with Crippen LogP contribution in [0.3, 0.4) is 0 Å². The van der Waals surface area contributed by atoms with Gasteiger partial charge in [0.1, 0.15) is 17.7 Å². The van der Waals surface area contributed by atoms with E-state index in [2.05, 4.69) is 0 Å². The Morgan fingerprint density at radius 1 is 1.10 bits per heavy atom.